The smallest absolute Gasteiger partial charge is 0.408 e. The average Bonchev–Trinajstić information content (AvgIpc) is 2.84. The van der Waals surface area contributed by atoms with E-state index in [1.165, 1.54) is 12.5 Å². The SMILES string of the molecule is CCCCCCCCN(C(=O)C(CC(C)C)NC(=O)OC(C)(C)C)C(C(=O)NCCCC)c1ccccc1O. The molecule has 0 spiro atoms. The number of alkyl carbamates (subject to hydrolysis) is 1. The van der Waals surface area contributed by atoms with E-state index in [-0.39, 0.29) is 23.5 Å². The standard InChI is InChI=1S/C31H53N3O5/c1-8-10-12-13-14-17-21-34(29(37)25(22-23(3)4)33-30(38)39-31(5,6)7)27(28(36)32-20-11-9-2)24-18-15-16-19-26(24)35/h15-16,18-19,23,25,27,35H,8-14,17,20-22H2,1-7H3,(H,32,36)(H,33,38). The Morgan fingerprint density at radius 3 is 2.15 bits per heavy atom. The molecule has 8 nitrogen and oxygen atoms in total. The molecular weight excluding hydrogens is 494 g/mol. The molecule has 1 rings (SSSR count). The Balaban J connectivity index is 3.42. The molecule has 0 bridgehead atoms. The fourth-order valence-corrected chi connectivity index (χ4v) is 4.43. The number of amides is 3. The third-order valence-electron chi connectivity index (χ3n) is 6.35. The highest BCUT2D eigenvalue weighted by Crippen LogP contribution is 2.30. The summed E-state index contributed by atoms with van der Waals surface area (Å²) in [5.41, 5.74) is -0.350. The Hall–Kier alpha value is -2.77. The van der Waals surface area contributed by atoms with Gasteiger partial charge in [0, 0.05) is 18.7 Å². The summed E-state index contributed by atoms with van der Waals surface area (Å²) in [5, 5.41) is 16.5. The molecule has 0 radical (unpaired) electrons. The largest absolute Gasteiger partial charge is 0.508 e. The zero-order chi connectivity index (χ0) is 29.4. The van der Waals surface area contributed by atoms with Gasteiger partial charge in [-0.3, -0.25) is 9.59 Å². The predicted octanol–water partition coefficient (Wildman–Crippen LogP) is 6.48. The molecule has 0 aliphatic carbocycles. The zero-order valence-corrected chi connectivity index (χ0v) is 25.3. The minimum atomic E-state index is -1.03. The topological polar surface area (TPSA) is 108 Å². The average molecular weight is 548 g/mol. The Morgan fingerprint density at radius 2 is 1.56 bits per heavy atom. The van der Waals surface area contributed by atoms with E-state index < -0.39 is 23.8 Å². The maximum absolute atomic E-state index is 14.2. The van der Waals surface area contributed by atoms with Gasteiger partial charge in [0.25, 0.3) is 0 Å². The number of para-hydroxylation sites is 1. The molecule has 39 heavy (non-hydrogen) atoms. The predicted molar refractivity (Wildman–Crippen MR) is 156 cm³/mol. The van der Waals surface area contributed by atoms with Gasteiger partial charge in [-0.2, -0.15) is 0 Å². The molecule has 1 aromatic rings. The van der Waals surface area contributed by atoms with Gasteiger partial charge >= 0.3 is 6.09 Å². The number of rotatable bonds is 17. The van der Waals surface area contributed by atoms with Crippen molar-refractivity contribution in [3.05, 3.63) is 29.8 Å². The fraction of sp³-hybridized carbons (Fsp3) is 0.710. The van der Waals surface area contributed by atoms with Crippen LogP contribution in [0.15, 0.2) is 24.3 Å². The van der Waals surface area contributed by atoms with Crippen LogP contribution in [0.4, 0.5) is 4.79 Å². The number of benzene rings is 1. The first-order valence-corrected chi connectivity index (χ1v) is 14.8. The normalized spacial score (nSPS) is 13.0. The van der Waals surface area contributed by atoms with Gasteiger partial charge in [-0.05, 0) is 52.0 Å². The number of unbranched alkanes of at least 4 members (excludes halogenated alkanes) is 6. The molecule has 2 atom stereocenters. The Labute approximate surface area is 236 Å². The minimum Gasteiger partial charge on any atom is -0.508 e. The lowest BCUT2D eigenvalue weighted by Crippen LogP contribution is -2.53. The third kappa shape index (κ3) is 13.2. The maximum Gasteiger partial charge on any atom is 0.408 e. The molecule has 3 amide bonds. The number of phenols is 1. The van der Waals surface area contributed by atoms with Gasteiger partial charge in [-0.25, -0.2) is 4.79 Å². The summed E-state index contributed by atoms with van der Waals surface area (Å²) in [5.74, 6) is -0.645. The van der Waals surface area contributed by atoms with Crippen LogP contribution in [0.5, 0.6) is 5.75 Å². The van der Waals surface area contributed by atoms with Crippen molar-refractivity contribution in [3.63, 3.8) is 0 Å². The van der Waals surface area contributed by atoms with E-state index in [0.29, 0.717) is 31.5 Å². The first-order chi connectivity index (χ1) is 18.4. The van der Waals surface area contributed by atoms with Crippen molar-refractivity contribution < 1.29 is 24.2 Å². The van der Waals surface area contributed by atoms with E-state index >= 15 is 0 Å². The van der Waals surface area contributed by atoms with Crippen LogP contribution in [0.2, 0.25) is 0 Å². The number of nitrogens with one attached hydrogen (secondary N) is 2. The van der Waals surface area contributed by atoms with Crippen molar-refractivity contribution in [2.75, 3.05) is 13.1 Å². The van der Waals surface area contributed by atoms with E-state index in [0.717, 1.165) is 38.5 Å². The summed E-state index contributed by atoms with van der Waals surface area (Å²) in [7, 11) is 0. The lowest BCUT2D eigenvalue weighted by molar-refractivity contribution is -0.143. The summed E-state index contributed by atoms with van der Waals surface area (Å²) in [6, 6.07) is 4.74. The number of carbonyl (C=O) groups excluding carboxylic acids is 3. The number of phenolic OH excluding ortho intramolecular Hbond substituents is 1. The molecule has 0 aliphatic rings. The number of ether oxygens (including phenoxy) is 1. The van der Waals surface area contributed by atoms with E-state index in [1.54, 1.807) is 43.9 Å². The molecule has 1 aromatic carbocycles. The van der Waals surface area contributed by atoms with Gasteiger partial charge in [0.15, 0.2) is 0 Å². The van der Waals surface area contributed by atoms with Crippen LogP contribution >= 0.6 is 0 Å². The van der Waals surface area contributed by atoms with Gasteiger partial charge in [-0.15, -0.1) is 0 Å². The van der Waals surface area contributed by atoms with Gasteiger partial charge < -0.3 is 25.4 Å². The molecule has 2 unspecified atom stereocenters. The van der Waals surface area contributed by atoms with Crippen molar-refractivity contribution in [2.45, 2.75) is 124 Å². The quantitative estimate of drug-likeness (QED) is 0.194. The van der Waals surface area contributed by atoms with Gasteiger partial charge in [-0.1, -0.05) is 84.4 Å². The van der Waals surface area contributed by atoms with Crippen LogP contribution in [0, 0.1) is 5.92 Å². The minimum absolute atomic E-state index is 0.0469. The highest BCUT2D eigenvalue weighted by atomic mass is 16.6. The molecule has 0 fully saturated rings. The summed E-state index contributed by atoms with van der Waals surface area (Å²) in [4.78, 5) is 42.1. The Bertz CT molecular complexity index is 881. The van der Waals surface area contributed by atoms with E-state index in [1.807, 2.05) is 20.8 Å². The van der Waals surface area contributed by atoms with Crippen LogP contribution in [-0.4, -0.2) is 52.6 Å². The van der Waals surface area contributed by atoms with Crippen LogP contribution < -0.4 is 10.6 Å². The number of nitrogens with zero attached hydrogens (tertiary/aromatic N) is 1. The van der Waals surface area contributed by atoms with Crippen LogP contribution in [-0.2, 0) is 14.3 Å². The second-order valence-electron chi connectivity index (χ2n) is 11.7. The molecule has 0 saturated heterocycles. The van der Waals surface area contributed by atoms with Crippen molar-refractivity contribution >= 4 is 17.9 Å². The van der Waals surface area contributed by atoms with E-state index in [2.05, 4.69) is 17.6 Å². The first kappa shape index (κ1) is 34.3. The van der Waals surface area contributed by atoms with Crippen molar-refractivity contribution in [3.8, 4) is 5.75 Å². The fourth-order valence-electron chi connectivity index (χ4n) is 4.43. The van der Waals surface area contributed by atoms with Crippen LogP contribution in [0.1, 0.15) is 118 Å². The molecule has 8 heteroatoms. The summed E-state index contributed by atoms with van der Waals surface area (Å²) >= 11 is 0. The van der Waals surface area contributed by atoms with E-state index in [4.69, 9.17) is 4.74 Å². The van der Waals surface area contributed by atoms with Crippen molar-refractivity contribution in [1.82, 2.24) is 15.5 Å². The molecule has 0 saturated carbocycles. The van der Waals surface area contributed by atoms with Gasteiger partial charge in [0.1, 0.15) is 23.4 Å². The zero-order valence-electron chi connectivity index (χ0n) is 25.3. The molecule has 0 heterocycles. The van der Waals surface area contributed by atoms with E-state index in [9.17, 15) is 19.5 Å². The number of carbonyl (C=O) groups is 3. The molecule has 222 valence electrons. The summed E-state index contributed by atoms with van der Waals surface area (Å²) in [6.45, 7) is 14.3. The maximum atomic E-state index is 14.2. The highest BCUT2D eigenvalue weighted by molar-refractivity contribution is 5.92. The Kier molecular flexibility index (Phi) is 15.6. The summed E-state index contributed by atoms with van der Waals surface area (Å²) in [6.07, 6.45) is 7.55. The lowest BCUT2D eigenvalue weighted by Gasteiger charge is -2.35. The molecule has 3 N–H and O–H groups in total. The summed E-state index contributed by atoms with van der Waals surface area (Å²) < 4.78 is 5.45. The van der Waals surface area contributed by atoms with Crippen molar-refractivity contribution in [1.29, 1.82) is 0 Å². The Morgan fingerprint density at radius 1 is 0.949 bits per heavy atom. The number of hydrogen-bond donors (Lipinski definition) is 3. The molecule has 0 aliphatic heterocycles. The second-order valence-corrected chi connectivity index (χ2v) is 11.7. The van der Waals surface area contributed by atoms with Gasteiger partial charge in [0.2, 0.25) is 11.8 Å². The monoisotopic (exact) mass is 547 g/mol. The van der Waals surface area contributed by atoms with Crippen LogP contribution in [0.3, 0.4) is 0 Å². The molecular formula is C31H53N3O5. The second kappa shape index (κ2) is 17.7. The number of hydrogen-bond acceptors (Lipinski definition) is 5. The van der Waals surface area contributed by atoms with Crippen LogP contribution in [0.25, 0.3) is 0 Å². The number of aromatic hydroxyl groups is 1. The third-order valence-corrected chi connectivity index (χ3v) is 6.35. The lowest BCUT2D eigenvalue weighted by atomic mass is 9.98. The van der Waals surface area contributed by atoms with Gasteiger partial charge in [0.05, 0.1) is 0 Å². The molecule has 0 aromatic heterocycles. The van der Waals surface area contributed by atoms with Crippen molar-refractivity contribution in [2.24, 2.45) is 5.92 Å². The highest BCUT2D eigenvalue weighted by Gasteiger charge is 2.37. The first-order valence-electron chi connectivity index (χ1n) is 14.8.